The summed E-state index contributed by atoms with van der Waals surface area (Å²) in [7, 11) is 0. The van der Waals surface area contributed by atoms with Gasteiger partial charge in [-0.15, -0.1) is 0 Å². The monoisotopic (exact) mass is 399 g/mol. The first-order chi connectivity index (χ1) is 4.63. The zero-order valence-electron chi connectivity index (χ0n) is 4.94. The van der Waals surface area contributed by atoms with Crippen molar-refractivity contribution in [1.82, 2.24) is 4.98 Å². The second-order valence-corrected chi connectivity index (χ2v) is 3.05. The molecule has 0 unspecified atom stereocenters. The molecule has 0 aliphatic heterocycles. The summed E-state index contributed by atoms with van der Waals surface area (Å²) in [5.74, 6) is 0. The van der Waals surface area contributed by atoms with Gasteiger partial charge in [0, 0.05) is 27.3 Å². The van der Waals surface area contributed by atoms with E-state index in [1.807, 2.05) is 0 Å². The standard InChI is InChI=1S/C5HCl4N.W/c6-2-1-10-5(9)4(8)3(2)7;/h1H;. The fourth-order valence-electron chi connectivity index (χ4n) is 0.422. The van der Waals surface area contributed by atoms with Crippen LogP contribution in [0.5, 0.6) is 0 Å². The van der Waals surface area contributed by atoms with Crippen molar-refractivity contribution in [3.8, 4) is 0 Å². The quantitative estimate of drug-likeness (QED) is 0.605. The minimum Gasteiger partial charge on any atom is -0.241 e. The summed E-state index contributed by atoms with van der Waals surface area (Å²) in [6, 6.07) is 0. The molecule has 0 aromatic carbocycles. The molecule has 0 atom stereocenters. The van der Waals surface area contributed by atoms with E-state index in [0.717, 1.165) is 0 Å². The molecule has 0 saturated carbocycles. The summed E-state index contributed by atoms with van der Waals surface area (Å²) < 4.78 is 0. The van der Waals surface area contributed by atoms with Crippen molar-refractivity contribution in [3.63, 3.8) is 0 Å². The van der Waals surface area contributed by atoms with E-state index in [1.165, 1.54) is 6.20 Å². The van der Waals surface area contributed by atoms with Crippen molar-refractivity contribution < 1.29 is 21.1 Å². The molecule has 0 aliphatic carbocycles. The first-order valence-corrected chi connectivity index (χ1v) is 3.79. The summed E-state index contributed by atoms with van der Waals surface area (Å²) >= 11 is 22.2. The van der Waals surface area contributed by atoms with Crippen LogP contribution >= 0.6 is 46.4 Å². The molecule has 1 aromatic rings. The van der Waals surface area contributed by atoms with Gasteiger partial charge in [-0.05, 0) is 0 Å². The van der Waals surface area contributed by atoms with E-state index in [2.05, 4.69) is 4.98 Å². The molecule has 0 saturated heterocycles. The first-order valence-electron chi connectivity index (χ1n) is 2.28. The van der Waals surface area contributed by atoms with Crippen molar-refractivity contribution in [3.05, 3.63) is 26.4 Å². The Labute approximate surface area is 98.3 Å². The van der Waals surface area contributed by atoms with Crippen molar-refractivity contribution in [1.29, 1.82) is 0 Å². The third-order valence-electron chi connectivity index (χ3n) is 0.875. The van der Waals surface area contributed by atoms with Crippen LogP contribution in [0.2, 0.25) is 20.2 Å². The van der Waals surface area contributed by atoms with E-state index in [-0.39, 0.29) is 36.3 Å². The molecular formula is C5HCl4NW. The molecule has 1 rings (SSSR count). The number of rotatable bonds is 0. The van der Waals surface area contributed by atoms with Gasteiger partial charge in [0.25, 0.3) is 0 Å². The number of hydrogen-bond donors (Lipinski definition) is 0. The van der Waals surface area contributed by atoms with Crippen molar-refractivity contribution >= 4 is 46.4 Å². The number of pyridine rings is 1. The van der Waals surface area contributed by atoms with Crippen molar-refractivity contribution in [2.75, 3.05) is 0 Å². The zero-order chi connectivity index (χ0) is 7.72. The minimum absolute atomic E-state index is 0. The van der Waals surface area contributed by atoms with Gasteiger partial charge in [-0.1, -0.05) is 46.4 Å². The Morgan fingerprint density at radius 1 is 1.00 bits per heavy atom. The van der Waals surface area contributed by atoms with E-state index < -0.39 is 0 Å². The fourth-order valence-corrected chi connectivity index (χ4v) is 1.09. The van der Waals surface area contributed by atoms with Gasteiger partial charge in [-0.2, -0.15) is 0 Å². The van der Waals surface area contributed by atoms with Crippen LogP contribution < -0.4 is 0 Å². The smallest absolute Gasteiger partial charge is 0.149 e. The topological polar surface area (TPSA) is 12.9 Å². The van der Waals surface area contributed by atoms with Gasteiger partial charge >= 0.3 is 0 Å². The maximum absolute atomic E-state index is 5.59. The van der Waals surface area contributed by atoms with Crippen LogP contribution in [-0.4, -0.2) is 4.98 Å². The predicted molar refractivity (Wildman–Crippen MR) is 44.3 cm³/mol. The number of hydrogen-bond acceptors (Lipinski definition) is 1. The Hall–Kier alpha value is 0.998. The van der Waals surface area contributed by atoms with Crippen LogP contribution in [0.25, 0.3) is 0 Å². The number of halogens is 4. The Morgan fingerprint density at radius 3 is 2.00 bits per heavy atom. The minimum atomic E-state index is 0. The summed E-state index contributed by atoms with van der Waals surface area (Å²) in [6.45, 7) is 0. The van der Waals surface area contributed by atoms with Gasteiger partial charge in [0.1, 0.15) is 5.15 Å². The van der Waals surface area contributed by atoms with Crippen LogP contribution in [0, 0.1) is 0 Å². The molecule has 1 aromatic heterocycles. The van der Waals surface area contributed by atoms with E-state index in [0.29, 0.717) is 5.02 Å². The van der Waals surface area contributed by atoms with Gasteiger partial charge in [0.05, 0.1) is 15.1 Å². The van der Waals surface area contributed by atoms with E-state index >= 15 is 0 Å². The van der Waals surface area contributed by atoms with Gasteiger partial charge in [0.15, 0.2) is 0 Å². The molecule has 60 valence electrons. The molecular weight excluding hydrogens is 400 g/mol. The molecule has 0 spiro atoms. The molecule has 0 fully saturated rings. The molecule has 0 aliphatic rings. The number of aromatic nitrogens is 1. The van der Waals surface area contributed by atoms with Crippen LogP contribution in [0.15, 0.2) is 6.20 Å². The van der Waals surface area contributed by atoms with Crippen LogP contribution in [-0.2, 0) is 21.1 Å². The average molecular weight is 401 g/mol. The van der Waals surface area contributed by atoms with Gasteiger partial charge in [0.2, 0.25) is 0 Å². The molecule has 6 heteroatoms. The number of nitrogens with zero attached hydrogens (tertiary/aromatic N) is 1. The molecule has 11 heavy (non-hydrogen) atoms. The third kappa shape index (κ3) is 2.75. The maximum Gasteiger partial charge on any atom is 0.149 e. The SMILES string of the molecule is Clc1cnc(Cl)c(Cl)c1Cl.[W]. The van der Waals surface area contributed by atoms with Crippen LogP contribution in [0.4, 0.5) is 0 Å². The maximum atomic E-state index is 5.59. The Bertz CT molecular complexity index is 238. The second kappa shape index (κ2) is 4.89. The van der Waals surface area contributed by atoms with Crippen molar-refractivity contribution in [2.24, 2.45) is 0 Å². The Kier molecular flexibility index (Phi) is 5.33. The first kappa shape index (κ1) is 12.0. The third-order valence-corrected chi connectivity index (χ3v) is 2.50. The van der Waals surface area contributed by atoms with Gasteiger partial charge < -0.3 is 0 Å². The Morgan fingerprint density at radius 2 is 1.55 bits per heavy atom. The van der Waals surface area contributed by atoms with Gasteiger partial charge in [-0.3, -0.25) is 0 Å². The predicted octanol–water partition coefficient (Wildman–Crippen LogP) is 3.69. The molecule has 0 radical (unpaired) electrons. The van der Waals surface area contributed by atoms with Crippen LogP contribution in [0.1, 0.15) is 0 Å². The molecule has 0 amide bonds. The van der Waals surface area contributed by atoms with E-state index in [4.69, 9.17) is 46.4 Å². The summed E-state index contributed by atoms with van der Waals surface area (Å²) in [4.78, 5) is 3.66. The largest absolute Gasteiger partial charge is 0.241 e. The summed E-state index contributed by atoms with van der Waals surface area (Å²) in [5.41, 5.74) is 0. The molecule has 1 nitrogen and oxygen atoms in total. The average Bonchev–Trinajstić information content (AvgIpc) is 1.93. The zero-order valence-corrected chi connectivity index (χ0v) is 10.9. The van der Waals surface area contributed by atoms with Gasteiger partial charge in [-0.25, -0.2) is 4.98 Å². The Balaban J connectivity index is 0.000001000. The molecule has 0 bridgehead atoms. The second-order valence-electron chi connectivity index (χ2n) is 1.52. The fraction of sp³-hybridized carbons (Fsp3) is 0. The van der Waals surface area contributed by atoms with Crippen LogP contribution in [0.3, 0.4) is 0 Å². The molecule has 0 N–H and O–H groups in total. The molecule has 1 heterocycles. The van der Waals surface area contributed by atoms with E-state index in [1.54, 1.807) is 0 Å². The summed E-state index contributed by atoms with van der Waals surface area (Å²) in [5, 5.41) is 0.895. The van der Waals surface area contributed by atoms with Crippen molar-refractivity contribution in [2.45, 2.75) is 0 Å². The van der Waals surface area contributed by atoms with E-state index in [9.17, 15) is 0 Å². The normalized spacial score (nSPS) is 9.09. The summed E-state index contributed by atoms with van der Waals surface area (Å²) in [6.07, 6.45) is 1.35.